The number of benzene rings is 1. The zero-order valence-corrected chi connectivity index (χ0v) is 13.6. The first-order valence-corrected chi connectivity index (χ1v) is 8.23. The molecule has 24 heavy (non-hydrogen) atoms. The highest BCUT2D eigenvalue weighted by Crippen LogP contribution is 2.42. The molecule has 0 radical (unpaired) electrons. The lowest BCUT2D eigenvalue weighted by Gasteiger charge is -2.05. The first-order chi connectivity index (χ1) is 11.7. The highest BCUT2D eigenvalue weighted by Gasteiger charge is 2.28. The third-order valence-corrected chi connectivity index (χ3v) is 4.78. The molecule has 4 rings (SSSR count). The number of nitrogens with zero attached hydrogens (tertiary/aromatic N) is 2. The summed E-state index contributed by atoms with van der Waals surface area (Å²) in [4.78, 5) is 24.5. The minimum Gasteiger partial charge on any atom is -0.493 e. The molecule has 0 bridgehead atoms. The van der Waals surface area contributed by atoms with E-state index in [-0.39, 0.29) is 5.56 Å². The molecule has 1 aliphatic carbocycles. The lowest BCUT2D eigenvalue weighted by molar-refractivity contribution is 0.102. The van der Waals surface area contributed by atoms with E-state index in [1.807, 2.05) is 0 Å². The van der Waals surface area contributed by atoms with E-state index >= 15 is 0 Å². The summed E-state index contributed by atoms with van der Waals surface area (Å²) in [7, 11) is 1.49. The largest absolute Gasteiger partial charge is 0.493 e. The van der Waals surface area contributed by atoms with Crippen LogP contribution < -0.4 is 15.7 Å². The lowest BCUT2D eigenvalue weighted by Crippen LogP contribution is -2.20. The van der Waals surface area contributed by atoms with Gasteiger partial charge in [-0.15, -0.1) is 10.2 Å². The fourth-order valence-electron chi connectivity index (χ4n) is 2.38. The maximum Gasteiger partial charge on any atom is 0.349 e. The number of amides is 1. The number of methoxy groups -OCH3 is 1. The van der Waals surface area contributed by atoms with Gasteiger partial charge in [-0.2, -0.15) is 0 Å². The summed E-state index contributed by atoms with van der Waals surface area (Å²) in [5.74, 6) is 0.341. The SMILES string of the molecule is COc1cccc2cc(C(=O)Nc3nnc(C4CC4)s3)c(=O)oc12. The minimum atomic E-state index is -0.726. The fourth-order valence-corrected chi connectivity index (χ4v) is 3.29. The van der Waals surface area contributed by atoms with Crippen LogP contribution >= 0.6 is 11.3 Å². The van der Waals surface area contributed by atoms with Gasteiger partial charge in [0.1, 0.15) is 10.6 Å². The Morgan fingerprint density at radius 2 is 2.21 bits per heavy atom. The predicted molar refractivity (Wildman–Crippen MR) is 88.9 cm³/mol. The van der Waals surface area contributed by atoms with Gasteiger partial charge in [0.2, 0.25) is 5.13 Å². The van der Waals surface area contributed by atoms with E-state index in [1.165, 1.54) is 24.5 Å². The van der Waals surface area contributed by atoms with Crippen LogP contribution in [0.3, 0.4) is 0 Å². The van der Waals surface area contributed by atoms with Crippen molar-refractivity contribution in [1.82, 2.24) is 10.2 Å². The number of carbonyl (C=O) groups is 1. The maximum absolute atomic E-state index is 12.4. The molecule has 2 aromatic heterocycles. The van der Waals surface area contributed by atoms with Crippen molar-refractivity contribution in [3.8, 4) is 5.75 Å². The lowest BCUT2D eigenvalue weighted by atomic mass is 10.1. The van der Waals surface area contributed by atoms with Gasteiger partial charge in [0.15, 0.2) is 11.3 Å². The number of anilines is 1. The Kier molecular flexibility index (Phi) is 3.53. The number of ether oxygens (including phenoxy) is 1. The van der Waals surface area contributed by atoms with Crippen LogP contribution in [-0.2, 0) is 0 Å². The van der Waals surface area contributed by atoms with E-state index in [0.717, 1.165) is 17.8 Å². The monoisotopic (exact) mass is 343 g/mol. The highest BCUT2D eigenvalue weighted by molar-refractivity contribution is 7.15. The van der Waals surface area contributed by atoms with Crippen LogP contribution in [0.1, 0.15) is 34.1 Å². The van der Waals surface area contributed by atoms with Crippen molar-refractivity contribution in [1.29, 1.82) is 0 Å². The molecule has 7 nitrogen and oxygen atoms in total. The van der Waals surface area contributed by atoms with Crippen molar-refractivity contribution in [2.24, 2.45) is 0 Å². The van der Waals surface area contributed by atoms with E-state index < -0.39 is 11.5 Å². The first kappa shape index (κ1) is 14.8. The van der Waals surface area contributed by atoms with Gasteiger partial charge < -0.3 is 9.15 Å². The average Bonchev–Trinajstić information content (AvgIpc) is 3.33. The maximum atomic E-state index is 12.4. The molecular weight excluding hydrogens is 330 g/mol. The van der Waals surface area contributed by atoms with Gasteiger partial charge >= 0.3 is 5.63 Å². The van der Waals surface area contributed by atoms with Gasteiger partial charge in [0.05, 0.1) is 7.11 Å². The summed E-state index contributed by atoms with van der Waals surface area (Å²) in [5, 5.41) is 12.5. The molecule has 8 heteroatoms. The van der Waals surface area contributed by atoms with Gasteiger partial charge in [0.25, 0.3) is 5.91 Å². The number of nitrogens with one attached hydrogen (secondary N) is 1. The van der Waals surface area contributed by atoms with E-state index in [2.05, 4.69) is 15.5 Å². The molecule has 1 amide bonds. The van der Waals surface area contributed by atoms with Crippen molar-refractivity contribution < 1.29 is 13.9 Å². The van der Waals surface area contributed by atoms with Gasteiger partial charge in [-0.1, -0.05) is 23.5 Å². The Labute approximate surface area is 140 Å². The van der Waals surface area contributed by atoms with Gasteiger partial charge in [-0.25, -0.2) is 4.79 Å². The normalized spacial score (nSPS) is 13.9. The Morgan fingerprint density at radius 3 is 2.96 bits per heavy atom. The second-order valence-corrected chi connectivity index (χ2v) is 6.51. The van der Waals surface area contributed by atoms with Crippen LogP contribution in [0.4, 0.5) is 5.13 Å². The molecule has 0 aliphatic heterocycles. The van der Waals surface area contributed by atoms with Crippen molar-refractivity contribution >= 4 is 33.3 Å². The summed E-state index contributed by atoms with van der Waals surface area (Å²) in [6.45, 7) is 0. The molecule has 1 fully saturated rings. The Hall–Kier alpha value is -2.74. The van der Waals surface area contributed by atoms with Crippen LogP contribution in [0.2, 0.25) is 0 Å². The molecule has 1 aliphatic rings. The first-order valence-electron chi connectivity index (χ1n) is 7.41. The molecule has 0 spiro atoms. The molecule has 1 aromatic carbocycles. The number of carbonyl (C=O) groups excluding carboxylic acids is 1. The standard InChI is InChI=1S/C16H13N3O4S/c1-22-11-4-2-3-9-7-10(15(21)23-12(9)11)13(20)17-16-19-18-14(24-16)8-5-6-8/h2-4,7-8H,5-6H2,1H3,(H,17,19,20). The van der Waals surface area contributed by atoms with E-state index in [4.69, 9.17) is 9.15 Å². The molecule has 0 unspecified atom stereocenters. The molecular formula is C16H13N3O4S. The van der Waals surface area contributed by atoms with Gasteiger partial charge in [-0.3, -0.25) is 10.1 Å². The topological polar surface area (TPSA) is 94.3 Å². The van der Waals surface area contributed by atoms with Crippen LogP contribution in [0.25, 0.3) is 11.0 Å². The molecule has 2 heterocycles. The van der Waals surface area contributed by atoms with E-state index in [1.54, 1.807) is 18.2 Å². The van der Waals surface area contributed by atoms with Gasteiger partial charge in [-0.05, 0) is 25.0 Å². The van der Waals surface area contributed by atoms with Crippen LogP contribution in [0.15, 0.2) is 33.5 Å². The number of para-hydroxylation sites is 1. The molecule has 122 valence electrons. The zero-order chi connectivity index (χ0) is 16.7. The molecule has 0 atom stereocenters. The van der Waals surface area contributed by atoms with Gasteiger partial charge in [0, 0.05) is 11.3 Å². The van der Waals surface area contributed by atoms with E-state index in [0.29, 0.717) is 27.8 Å². The smallest absolute Gasteiger partial charge is 0.349 e. The summed E-state index contributed by atoms with van der Waals surface area (Å²) < 4.78 is 10.4. The number of hydrogen-bond acceptors (Lipinski definition) is 7. The predicted octanol–water partition coefficient (Wildman–Crippen LogP) is 2.78. The average molecular weight is 343 g/mol. The summed E-state index contributed by atoms with van der Waals surface area (Å²) in [6.07, 6.45) is 2.22. The Balaban J connectivity index is 1.65. The van der Waals surface area contributed by atoms with E-state index in [9.17, 15) is 9.59 Å². The van der Waals surface area contributed by atoms with Crippen molar-refractivity contribution in [3.63, 3.8) is 0 Å². The Bertz CT molecular complexity index is 990. The zero-order valence-electron chi connectivity index (χ0n) is 12.7. The molecule has 3 aromatic rings. The molecule has 1 saturated carbocycles. The summed E-state index contributed by atoms with van der Waals surface area (Å²) >= 11 is 1.34. The van der Waals surface area contributed by atoms with Crippen molar-refractivity contribution in [3.05, 3.63) is 45.3 Å². The number of rotatable bonds is 4. The third-order valence-electron chi connectivity index (χ3n) is 3.78. The number of fused-ring (bicyclic) bond motifs is 1. The summed E-state index contributed by atoms with van der Waals surface area (Å²) in [6, 6.07) is 6.68. The van der Waals surface area contributed by atoms with Crippen LogP contribution in [0.5, 0.6) is 5.75 Å². The van der Waals surface area contributed by atoms with Crippen molar-refractivity contribution in [2.45, 2.75) is 18.8 Å². The van der Waals surface area contributed by atoms with Crippen molar-refractivity contribution in [2.75, 3.05) is 12.4 Å². The minimum absolute atomic E-state index is 0.0843. The Morgan fingerprint density at radius 1 is 1.38 bits per heavy atom. The number of aromatic nitrogens is 2. The van der Waals surface area contributed by atoms with Crippen LogP contribution in [0, 0.1) is 0 Å². The third kappa shape index (κ3) is 2.65. The molecule has 0 saturated heterocycles. The molecule has 1 N–H and O–H groups in total. The number of hydrogen-bond donors (Lipinski definition) is 1. The summed E-state index contributed by atoms with van der Waals surface area (Å²) in [5.41, 5.74) is -0.496. The second kappa shape index (κ2) is 5.72. The quantitative estimate of drug-likeness (QED) is 0.732. The van der Waals surface area contributed by atoms with Crippen LogP contribution in [-0.4, -0.2) is 23.2 Å². The highest BCUT2D eigenvalue weighted by atomic mass is 32.1. The second-order valence-electron chi connectivity index (χ2n) is 5.50. The fraction of sp³-hybridized carbons (Fsp3) is 0.250.